The van der Waals surface area contributed by atoms with Crippen molar-refractivity contribution >= 4 is 23.1 Å². The summed E-state index contributed by atoms with van der Waals surface area (Å²) in [5.74, 6) is 1.23. The normalized spacial score (nSPS) is 14.4. The van der Waals surface area contributed by atoms with Crippen LogP contribution in [0.15, 0.2) is 138 Å². The van der Waals surface area contributed by atoms with Crippen molar-refractivity contribution in [3.63, 3.8) is 0 Å². The number of allylic oxidation sites excluding steroid dienone is 6. The smallest absolute Gasteiger partial charge is 0.137 e. The SMILES string of the molecule is CCC1(CC)c2cc(/C=C/C3=CC(=C(C#N)C#N)C=C(C)O3)ccc2-c2ccc(N(c3ccccc3)c3ccccc3)cc21. The number of fused-ring (bicyclic) bond motifs is 3. The average Bonchev–Trinajstić information content (AvgIpc) is 3.34. The summed E-state index contributed by atoms with van der Waals surface area (Å²) in [7, 11) is 0. The summed E-state index contributed by atoms with van der Waals surface area (Å²) in [6.45, 7) is 6.40. The third-order valence-electron chi connectivity index (χ3n) is 8.75. The molecule has 4 nitrogen and oxygen atoms in total. The molecule has 4 heteroatoms. The highest BCUT2D eigenvalue weighted by Gasteiger charge is 2.41. The predicted molar refractivity (Wildman–Crippen MR) is 178 cm³/mol. The second-order valence-electron chi connectivity index (χ2n) is 11.1. The summed E-state index contributed by atoms with van der Waals surface area (Å²) < 4.78 is 5.89. The topological polar surface area (TPSA) is 60.1 Å². The second kappa shape index (κ2) is 12.0. The number of hydrogen-bond donors (Lipinski definition) is 0. The molecular weight excluding hydrogens is 538 g/mol. The van der Waals surface area contributed by atoms with Gasteiger partial charge in [0.05, 0.1) is 0 Å². The Kier molecular flexibility index (Phi) is 7.76. The first-order chi connectivity index (χ1) is 21.5. The molecule has 0 N–H and O–H groups in total. The minimum absolute atomic E-state index is 0.0713. The molecule has 1 aliphatic heterocycles. The van der Waals surface area contributed by atoms with Crippen LogP contribution < -0.4 is 4.90 Å². The minimum Gasteiger partial charge on any atom is -0.462 e. The van der Waals surface area contributed by atoms with E-state index in [1.54, 1.807) is 12.2 Å². The van der Waals surface area contributed by atoms with Crippen molar-refractivity contribution in [2.75, 3.05) is 4.90 Å². The number of nitrogens with zero attached hydrogens (tertiary/aromatic N) is 3. The summed E-state index contributed by atoms with van der Waals surface area (Å²) >= 11 is 0. The molecule has 0 saturated carbocycles. The van der Waals surface area contributed by atoms with Crippen molar-refractivity contribution in [2.24, 2.45) is 0 Å². The molecule has 0 unspecified atom stereocenters. The van der Waals surface area contributed by atoms with Crippen molar-refractivity contribution in [3.8, 4) is 23.3 Å². The Morgan fingerprint density at radius 1 is 0.727 bits per heavy atom. The zero-order valence-electron chi connectivity index (χ0n) is 25.2. The van der Waals surface area contributed by atoms with E-state index >= 15 is 0 Å². The Hall–Kier alpha value is -5.58. The Morgan fingerprint density at radius 3 is 1.91 bits per heavy atom. The maximum atomic E-state index is 9.33. The predicted octanol–water partition coefficient (Wildman–Crippen LogP) is 10.4. The number of rotatable bonds is 7. The Morgan fingerprint density at radius 2 is 1.32 bits per heavy atom. The maximum Gasteiger partial charge on any atom is 0.137 e. The van der Waals surface area contributed by atoms with Crippen molar-refractivity contribution in [2.45, 2.75) is 39.0 Å². The highest BCUT2D eigenvalue weighted by atomic mass is 16.5. The minimum atomic E-state index is -0.117. The molecule has 1 aliphatic carbocycles. The molecule has 1 heterocycles. The fourth-order valence-electron chi connectivity index (χ4n) is 6.57. The quantitative estimate of drug-likeness (QED) is 0.207. The molecule has 0 bridgehead atoms. The molecule has 4 aromatic rings. The largest absolute Gasteiger partial charge is 0.462 e. The van der Waals surface area contributed by atoms with Gasteiger partial charge in [0, 0.05) is 28.1 Å². The lowest BCUT2D eigenvalue weighted by Gasteiger charge is -2.32. The number of hydrogen-bond acceptors (Lipinski definition) is 4. The number of anilines is 3. The van der Waals surface area contributed by atoms with Crippen molar-refractivity contribution in [1.29, 1.82) is 10.5 Å². The molecule has 0 radical (unpaired) electrons. The van der Waals surface area contributed by atoms with Crippen LogP contribution in [0.4, 0.5) is 17.1 Å². The molecule has 0 aromatic heterocycles. The van der Waals surface area contributed by atoms with Crippen LogP contribution in [0.1, 0.15) is 50.3 Å². The first-order valence-electron chi connectivity index (χ1n) is 15.0. The standard InChI is InChI=1S/C40H33N3O/c1-4-40(5-2)38-23-29(16-19-35-24-30(22-28(3)44-35)31(26-41)27-42)17-20-36(38)37-21-18-34(25-39(37)40)43(32-12-8-6-9-13-32)33-14-10-7-11-15-33/h6-25H,4-5H2,1-3H3/b19-16+. The van der Waals surface area contributed by atoms with Crippen LogP contribution in [-0.4, -0.2) is 0 Å². The molecule has 44 heavy (non-hydrogen) atoms. The van der Waals surface area contributed by atoms with Crippen LogP contribution in [0.25, 0.3) is 17.2 Å². The van der Waals surface area contributed by atoms with Gasteiger partial charge in [-0.3, -0.25) is 0 Å². The molecule has 0 spiro atoms. The van der Waals surface area contributed by atoms with Gasteiger partial charge in [-0.2, -0.15) is 10.5 Å². The van der Waals surface area contributed by atoms with Crippen LogP contribution in [0, 0.1) is 22.7 Å². The molecule has 0 fully saturated rings. The maximum absolute atomic E-state index is 9.33. The van der Waals surface area contributed by atoms with E-state index in [-0.39, 0.29) is 11.0 Å². The summed E-state index contributed by atoms with van der Waals surface area (Å²) in [4.78, 5) is 2.33. The Balaban J connectivity index is 1.40. The summed E-state index contributed by atoms with van der Waals surface area (Å²) in [6.07, 6.45) is 9.36. The van der Waals surface area contributed by atoms with E-state index in [9.17, 15) is 10.5 Å². The van der Waals surface area contributed by atoms with E-state index in [1.165, 1.54) is 22.3 Å². The van der Waals surface area contributed by atoms with E-state index in [0.29, 0.717) is 17.1 Å². The number of para-hydroxylation sites is 2. The zero-order valence-corrected chi connectivity index (χ0v) is 25.2. The van der Waals surface area contributed by atoms with Crippen molar-refractivity contribution in [3.05, 3.63) is 155 Å². The van der Waals surface area contributed by atoms with E-state index in [2.05, 4.69) is 116 Å². The zero-order chi connectivity index (χ0) is 30.7. The molecule has 214 valence electrons. The van der Waals surface area contributed by atoms with Gasteiger partial charge in [0.2, 0.25) is 0 Å². The summed E-state index contributed by atoms with van der Waals surface area (Å²) in [6, 6.07) is 38.6. The highest BCUT2D eigenvalue weighted by Crippen LogP contribution is 2.54. The molecular formula is C40H33N3O. The lowest BCUT2D eigenvalue weighted by Crippen LogP contribution is -2.23. The van der Waals surface area contributed by atoms with Gasteiger partial charge in [0.1, 0.15) is 29.2 Å². The fraction of sp³-hybridized carbons (Fsp3) is 0.150. The third-order valence-corrected chi connectivity index (χ3v) is 8.75. The summed E-state index contributed by atoms with van der Waals surface area (Å²) in [5.41, 5.74) is 10.3. The van der Waals surface area contributed by atoms with E-state index in [0.717, 1.165) is 35.5 Å². The molecule has 4 aromatic carbocycles. The van der Waals surface area contributed by atoms with Gasteiger partial charge in [0.15, 0.2) is 0 Å². The van der Waals surface area contributed by atoms with E-state index in [1.807, 2.05) is 31.2 Å². The van der Waals surface area contributed by atoms with Crippen LogP contribution in [0.3, 0.4) is 0 Å². The third kappa shape index (κ3) is 5.02. The molecule has 0 amide bonds. The van der Waals surface area contributed by atoms with E-state index in [4.69, 9.17) is 4.74 Å². The fourth-order valence-corrected chi connectivity index (χ4v) is 6.57. The van der Waals surface area contributed by atoms with Gasteiger partial charge in [-0.25, -0.2) is 0 Å². The second-order valence-corrected chi connectivity index (χ2v) is 11.1. The van der Waals surface area contributed by atoms with Crippen molar-refractivity contribution < 1.29 is 4.74 Å². The number of nitriles is 2. The van der Waals surface area contributed by atoms with Gasteiger partial charge in [-0.15, -0.1) is 0 Å². The molecule has 0 saturated heterocycles. The highest BCUT2D eigenvalue weighted by molar-refractivity contribution is 5.86. The lowest BCUT2D eigenvalue weighted by atomic mass is 9.73. The number of ether oxygens (including phenoxy) is 1. The van der Waals surface area contributed by atoms with Gasteiger partial charge in [0.25, 0.3) is 0 Å². The van der Waals surface area contributed by atoms with Gasteiger partial charge in [-0.1, -0.05) is 80.6 Å². The molecule has 6 rings (SSSR count). The van der Waals surface area contributed by atoms with Gasteiger partial charge >= 0.3 is 0 Å². The van der Waals surface area contributed by atoms with Crippen LogP contribution in [0.2, 0.25) is 0 Å². The molecule has 0 atom stereocenters. The monoisotopic (exact) mass is 571 g/mol. The summed E-state index contributed by atoms with van der Waals surface area (Å²) in [5, 5.41) is 18.7. The van der Waals surface area contributed by atoms with Crippen LogP contribution in [-0.2, 0) is 10.2 Å². The first kappa shape index (κ1) is 28.5. The van der Waals surface area contributed by atoms with E-state index < -0.39 is 0 Å². The molecule has 2 aliphatic rings. The Labute approximate surface area is 259 Å². The number of benzene rings is 4. The average molecular weight is 572 g/mol. The van der Waals surface area contributed by atoms with Crippen LogP contribution in [0.5, 0.6) is 0 Å². The van der Waals surface area contributed by atoms with Crippen LogP contribution >= 0.6 is 0 Å². The van der Waals surface area contributed by atoms with Gasteiger partial charge in [-0.05, 0) is 102 Å². The Bertz CT molecular complexity index is 1870. The van der Waals surface area contributed by atoms with Crippen molar-refractivity contribution in [1.82, 2.24) is 0 Å². The van der Waals surface area contributed by atoms with Gasteiger partial charge < -0.3 is 9.64 Å². The lowest BCUT2D eigenvalue weighted by molar-refractivity contribution is 0.318. The first-order valence-corrected chi connectivity index (χ1v) is 15.0.